The second-order valence-corrected chi connectivity index (χ2v) is 5.76. The molecule has 0 aliphatic carbocycles. The molecule has 1 atom stereocenters. The lowest BCUT2D eigenvalue weighted by molar-refractivity contribution is -0.127. The summed E-state index contributed by atoms with van der Waals surface area (Å²) in [5, 5.41) is 12.4. The summed E-state index contributed by atoms with van der Waals surface area (Å²) in [6.07, 6.45) is 0.363. The quantitative estimate of drug-likeness (QED) is 0.589. The maximum absolute atomic E-state index is 11.9. The molecule has 6 nitrogen and oxygen atoms in total. The third-order valence-electron chi connectivity index (χ3n) is 3.57. The molecular formula is C17H20ClNO5. The lowest BCUT2D eigenvalue weighted by atomic mass is 10.1. The van der Waals surface area contributed by atoms with Crippen molar-refractivity contribution in [3.05, 3.63) is 39.2 Å². The van der Waals surface area contributed by atoms with E-state index in [0.29, 0.717) is 30.0 Å². The molecule has 0 aliphatic rings. The molecule has 0 bridgehead atoms. The highest BCUT2D eigenvalue weighted by atomic mass is 35.5. The third kappa shape index (κ3) is 4.27. The minimum Gasteiger partial charge on any atom is -0.479 e. The number of hydrogen-bond acceptors (Lipinski definition) is 5. The van der Waals surface area contributed by atoms with E-state index in [2.05, 4.69) is 5.32 Å². The van der Waals surface area contributed by atoms with Crippen LogP contribution in [-0.4, -0.2) is 30.3 Å². The van der Waals surface area contributed by atoms with E-state index in [4.69, 9.17) is 25.9 Å². The van der Waals surface area contributed by atoms with Gasteiger partial charge in [-0.3, -0.25) is 4.79 Å². The van der Waals surface area contributed by atoms with Crippen molar-refractivity contribution in [2.45, 2.75) is 32.8 Å². The third-order valence-corrected chi connectivity index (χ3v) is 3.87. The van der Waals surface area contributed by atoms with Gasteiger partial charge in [0, 0.05) is 30.7 Å². The molecule has 0 fully saturated rings. The molecule has 1 amide bonds. The number of nitrogens with one attached hydrogen (secondary N) is 1. The van der Waals surface area contributed by atoms with E-state index in [1.807, 2.05) is 6.92 Å². The minimum absolute atomic E-state index is 0.00478. The summed E-state index contributed by atoms with van der Waals surface area (Å²) in [6, 6.07) is 4.64. The van der Waals surface area contributed by atoms with Crippen LogP contribution in [0, 0.1) is 0 Å². The maximum atomic E-state index is 11.9. The Bertz CT molecular complexity index is 786. The van der Waals surface area contributed by atoms with Crippen LogP contribution in [0.5, 0.6) is 5.75 Å². The van der Waals surface area contributed by atoms with Crippen molar-refractivity contribution in [3.8, 4) is 5.75 Å². The maximum Gasteiger partial charge on any atom is 0.336 e. The Morgan fingerprint density at radius 2 is 2.17 bits per heavy atom. The Hall–Kier alpha value is -2.05. The average molecular weight is 354 g/mol. The van der Waals surface area contributed by atoms with Crippen LogP contribution in [0.4, 0.5) is 0 Å². The lowest BCUT2D eigenvalue weighted by Crippen LogP contribution is -2.37. The van der Waals surface area contributed by atoms with Gasteiger partial charge in [-0.1, -0.05) is 18.5 Å². The summed E-state index contributed by atoms with van der Waals surface area (Å²) in [4.78, 5) is 23.5. The summed E-state index contributed by atoms with van der Waals surface area (Å²) in [7, 11) is 0. The topological polar surface area (TPSA) is 88.8 Å². The number of carbonyl (C=O) groups excluding carboxylic acids is 1. The molecule has 0 saturated heterocycles. The van der Waals surface area contributed by atoms with E-state index < -0.39 is 11.7 Å². The number of ether oxygens (including phenoxy) is 1. The number of hydrogen-bond donors (Lipinski definition) is 2. The van der Waals surface area contributed by atoms with E-state index in [1.165, 1.54) is 12.1 Å². The summed E-state index contributed by atoms with van der Waals surface area (Å²) in [6.45, 7) is 3.90. The molecule has 1 unspecified atom stereocenters. The summed E-state index contributed by atoms with van der Waals surface area (Å²) < 4.78 is 10.8. The van der Waals surface area contributed by atoms with Gasteiger partial charge in [0.15, 0.2) is 6.10 Å². The van der Waals surface area contributed by atoms with Crippen LogP contribution in [0.25, 0.3) is 11.0 Å². The van der Waals surface area contributed by atoms with E-state index in [-0.39, 0.29) is 18.3 Å². The molecule has 0 spiro atoms. The van der Waals surface area contributed by atoms with Crippen LogP contribution in [-0.2, 0) is 11.2 Å². The molecule has 1 aromatic carbocycles. The van der Waals surface area contributed by atoms with E-state index >= 15 is 0 Å². The highest BCUT2D eigenvalue weighted by molar-refractivity contribution is 6.32. The fourth-order valence-corrected chi connectivity index (χ4v) is 2.50. The van der Waals surface area contributed by atoms with Gasteiger partial charge in [-0.05, 0) is 31.4 Å². The van der Waals surface area contributed by atoms with Gasteiger partial charge in [-0.15, -0.1) is 0 Å². The number of aliphatic hydroxyl groups excluding tert-OH is 1. The molecule has 1 heterocycles. The SMILES string of the molecule is CCc1cc(=O)oc2cc(OC(C)C(=O)NCCCO)c(Cl)cc12. The molecule has 0 radical (unpaired) electrons. The van der Waals surface area contributed by atoms with Crippen molar-refractivity contribution in [3.63, 3.8) is 0 Å². The first-order valence-corrected chi connectivity index (χ1v) is 8.15. The Labute approximate surface area is 144 Å². The van der Waals surface area contributed by atoms with Gasteiger partial charge in [0.05, 0.1) is 5.02 Å². The zero-order valence-corrected chi connectivity index (χ0v) is 14.4. The van der Waals surface area contributed by atoms with Gasteiger partial charge < -0.3 is 19.6 Å². The molecule has 2 aromatic rings. The fourth-order valence-electron chi connectivity index (χ4n) is 2.29. The largest absolute Gasteiger partial charge is 0.479 e. The predicted octanol–water partition coefficient (Wildman–Crippen LogP) is 2.27. The number of aliphatic hydroxyl groups is 1. The highest BCUT2D eigenvalue weighted by Crippen LogP contribution is 2.32. The van der Waals surface area contributed by atoms with Crippen molar-refractivity contribution in [1.82, 2.24) is 5.32 Å². The normalized spacial score (nSPS) is 12.2. The number of halogens is 1. The predicted molar refractivity (Wildman–Crippen MR) is 91.7 cm³/mol. The van der Waals surface area contributed by atoms with Gasteiger partial charge in [-0.25, -0.2) is 4.79 Å². The van der Waals surface area contributed by atoms with Crippen molar-refractivity contribution in [2.75, 3.05) is 13.2 Å². The second kappa shape index (κ2) is 8.17. The number of carbonyl (C=O) groups is 1. The van der Waals surface area contributed by atoms with Crippen molar-refractivity contribution < 1.29 is 19.1 Å². The molecule has 0 saturated carbocycles. The molecule has 24 heavy (non-hydrogen) atoms. The lowest BCUT2D eigenvalue weighted by Gasteiger charge is -2.16. The molecular weight excluding hydrogens is 334 g/mol. The van der Waals surface area contributed by atoms with Crippen LogP contribution in [0.15, 0.2) is 27.4 Å². The van der Waals surface area contributed by atoms with Gasteiger partial charge in [-0.2, -0.15) is 0 Å². The molecule has 0 aliphatic heterocycles. The van der Waals surface area contributed by atoms with Crippen molar-refractivity contribution >= 4 is 28.5 Å². The Balaban J connectivity index is 2.24. The summed E-state index contributed by atoms with van der Waals surface area (Å²) in [5.74, 6) is -0.0475. The average Bonchev–Trinajstić information content (AvgIpc) is 2.55. The van der Waals surface area contributed by atoms with Crippen molar-refractivity contribution in [2.24, 2.45) is 0 Å². The molecule has 7 heteroatoms. The van der Waals surface area contributed by atoms with Crippen LogP contribution >= 0.6 is 11.6 Å². The smallest absolute Gasteiger partial charge is 0.336 e. The van der Waals surface area contributed by atoms with Crippen LogP contribution in [0.1, 0.15) is 25.8 Å². The monoisotopic (exact) mass is 353 g/mol. The molecule has 2 rings (SSSR count). The van der Waals surface area contributed by atoms with Gasteiger partial charge >= 0.3 is 5.63 Å². The van der Waals surface area contributed by atoms with Crippen LogP contribution in [0.3, 0.4) is 0 Å². The number of aryl methyl sites for hydroxylation is 1. The first-order chi connectivity index (χ1) is 11.5. The molecule has 1 aromatic heterocycles. The van der Waals surface area contributed by atoms with Gasteiger partial charge in [0.2, 0.25) is 0 Å². The number of rotatable bonds is 7. The minimum atomic E-state index is -0.778. The van der Waals surface area contributed by atoms with E-state index in [1.54, 1.807) is 13.0 Å². The number of amides is 1. The van der Waals surface area contributed by atoms with Gasteiger partial charge in [0.25, 0.3) is 5.91 Å². The van der Waals surface area contributed by atoms with Crippen molar-refractivity contribution in [1.29, 1.82) is 0 Å². The van der Waals surface area contributed by atoms with E-state index in [9.17, 15) is 9.59 Å². The zero-order valence-electron chi connectivity index (χ0n) is 13.6. The summed E-state index contributed by atoms with van der Waals surface area (Å²) in [5.41, 5.74) is 0.763. The molecule has 130 valence electrons. The second-order valence-electron chi connectivity index (χ2n) is 5.35. The number of benzene rings is 1. The Morgan fingerprint density at radius 1 is 1.42 bits per heavy atom. The first kappa shape index (κ1) is 18.3. The summed E-state index contributed by atoms with van der Waals surface area (Å²) >= 11 is 6.24. The van der Waals surface area contributed by atoms with Gasteiger partial charge in [0.1, 0.15) is 11.3 Å². The first-order valence-electron chi connectivity index (χ1n) is 7.77. The van der Waals surface area contributed by atoms with Crippen LogP contribution < -0.4 is 15.7 Å². The Kier molecular flexibility index (Phi) is 6.23. The number of fused-ring (bicyclic) bond motifs is 1. The zero-order chi connectivity index (χ0) is 17.7. The highest BCUT2D eigenvalue weighted by Gasteiger charge is 2.17. The molecule has 2 N–H and O–H groups in total. The fraction of sp³-hybridized carbons (Fsp3) is 0.412. The Morgan fingerprint density at radius 3 is 2.83 bits per heavy atom. The van der Waals surface area contributed by atoms with Crippen LogP contribution in [0.2, 0.25) is 5.02 Å². The standard InChI is InChI=1S/C17H20ClNO5/c1-3-11-7-16(21)24-14-9-15(13(18)8-12(11)14)23-10(2)17(22)19-5-4-6-20/h7-10,20H,3-6H2,1-2H3,(H,19,22). The van der Waals surface area contributed by atoms with E-state index in [0.717, 1.165) is 10.9 Å².